The lowest BCUT2D eigenvalue weighted by Gasteiger charge is -2.26. The van der Waals surface area contributed by atoms with Crippen LogP contribution in [0.15, 0.2) is 46.1 Å². The minimum absolute atomic E-state index is 0.0230. The van der Waals surface area contributed by atoms with E-state index < -0.39 is 28.0 Å². The molecular formula is C26H27ClN4O6S. The van der Waals surface area contributed by atoms with Crippen LogP contribution in [0.25, 0.3) is 10.9 Å². The molecule has 200 valence electrons. The highest BCUT2D eigenvalue weighted by Crippen LogP contribution is 2.28. The Hall–Kier alpha value is -3.28. The van der Waals surface area contributed by atoms with Gasteiger partial charge in [0, 0.05) is 26.1 Å². The fourth-order valence-corrected chi connectivity index (χ4v) is 6.45. The number of hydrogen-bond donors (Lipinski definition) is 1. The number of rotatable bonds is 6. The number of anilines is 1. The first-order valence-corrected chi connectivity index (χ1v) is 14.3. The zero-order chi connectivity index (χ0) is 27.0. The highest BCUT2D eigenvalue weighted by atomic mass is 35.5. The van der Waals surface area contributed by atoms with Crippen molar-refractivity contribution >= 4 is 50.1 Å². The van der Waals surface area contributed by atoms with Crippen LogP contribution in [0.5, 0.6) is 0 Å². The number of nitrogens with one attached hydrogen (secondary N) is 1. The largest absolute Gasteiger partial charge is 0.449 e. The monoisotopic (exact) mass is 558 g/mol. The summed E-state index contributed by atoms with van der Waals surface area (Å²) >= 11 is 6.23. The normalized spacial score (nSPS) is 16.7. The van der Waals surface area contributed by atoms with E-state index in [0.717, 1.165) is 25.7 Å². The van der Waals surface area contributed by atoms with Crippen molar-refractivity contribution < 1.29 is 22.7 Å². The van der Waals surface area contributed by atoms with Gasteiger partial charge in [-0.05, 0) is 62.6 Å². The second kappa shape index (κ2) is 10.5. The molecule has 2 aliphatic heterocycles. The third-order valence-electron chi connectivity index (χ3n) is 6.85. The van der Waals surface area contributed by atoms with Crippen molar-refractivity contribution in [1.82, 2.24) is 13.9 Å². The Morgan fingerprint density at radius 1 is 1.05 bits per heavy atom. The average molecular weight is 559 g/mol. The molecule has 2 aromatic carbocycles. The number of amides is 1. The Bertz CT molecular complexity index is 1600. The molecule has 38 heavy (non-hydrogen) atoms. The zero-order valence-electron chi connectivity index (χ0n) is 20.8. The van der Waals surface area contributed by atoms with Crippen molar-refractivity contribution in [1.29, 1.82) is 0 Å². The molecule has 0 bridgehead atoms. The summed E-state index contributed by atoms with van der Waals surface area (Å²) in [4.78, 5) is 42.8. The lowest BCUT2D eigenvalue weighted by molar-refractivity contribution is -0.123. The Morgan fingerprint density at radius 3 is 2.58 bits per heavy atom. The molecule has 0 radical (unpaired) electrons. The summed E-state index contributed by atoms with van der Waals surface area (Å²) in [5, 5.41) is 3.12. The summed E-state index contributed by atoms with van der Waals surface area (Å²) in [7, 11) is -3.73. The van der Waals surface area contributed by atoms with Gasteiger partial charge in [0.1, 0.15) is 5.82 Å². The molecule has 3 aromatic rings. The minimum Gasteiger partial charge on any atom is -0.449 e. The van der Waals surface area contributed by atoms with E-state index in [9.17, 15) is 22.8 Å². The Kier molecular flexibility index (Phi) is 7.26. The quantitative estimate of drug-likeness (QED) is 0.459. The van der Waals surface area contributed by atoms with E-state index in [0.29, 0.717) is 42.8 Å². The molecule has 1 aromatic heterocycles. The van der Waals surface area contributed by atoms with Gasteiger partial charge in [0.2, 0.25) is 10.0 Å². The van der Waals surface area contributed by atoms with Gasteiger partial charge in [-0.25, -0.2) is 18.2 Å². The zero-order valence-corrected chi connectivity index (χ0v) is 22.3. The number of piperidine rings is 1. The molecule has 3 heterocycles. The number of hydrogen-bond acceptors (Lipinski definition) is 7. The van der Waals surface area contributed by atoms with Crippen LogP contribution in [-0.2, 0) is 32.5 Å². The standard InChI is InChI=1S/C26H27ClN4O6S/c1-16(37-26(34)17-7-9-19-21(14-17)28-23-6-5-13-31(23)25(19)33)24(32)29-22-15-18(8-10-20(22)27)38(35,36)30-11-3-2-4-12-30/h7-10,14-16H,2-6,11-13H2,1H3,(H,29,32)/t16-/m1/s1. The highest BCUT2D eigenvalue weighted by Gasteiger charge is 2.27. The van der Waals surface area contributed by atoms with Crippen molar-refractivity contribution in [2.75, 3.05) is 18.4 Å². The molecular weight excluding hydrogens is 532 g/mol. The maximum atomic E-state index is 13.0. The topological polar surface area (TPSA) is 128 Å². The molecule has 1 saturated heterocycles. The summed E-state index contributed by atoms with van der Waals surface area (Å²) in [6, 6.07) is 8.60. The van der Waals surface area contributed by atoms with Crippen LogP contribution in [0.4, 0.5) is 5.69 Å². The van der Waals surface area contributed by atoms with Crippen molar-refractivity contribution in [2.24, 2.45) is 0 Å². The molecule has 10 nitrogen and oxygen atoms in total. The van der Waals surface area contributed by atoms with Gasteiger partial charge < -0.3 is 10.1 Å². The summed E-state index contributed by atoms with van der Waals surface area (Å²) in [6.07, 6.45) is 2.91. The summed E-state index contributed by atoms with van der Waals surface area (Å²) < 4.78 is 34.5. The Labute approximate surface area is 224 Å². The van der Waals surface area contributed by atoms with E-state index in [-0.39, 0.29) is 26.7 Å². The number of sulfonamides is 1. The van der Waals surface area contributed by atoms with E-state index in [1.807, 2.05) is 0 Å². The number of fused-ring (bicyclic) bond motifs is 2. The van der Waals surface area contributed by atoms with Crippen LogP contribution < -0.4 is 10.9 Å². The number of esters is 1. The fraction of sp³-hybridized carbons (Fsp3) is 0.385. The maximum absolute atomic E-state index is 13.0. The number of benzene rings is 2. The Balaban J connectivity index is 1.29. The molecule has 1 atom stereocenters. The molecule has 1 N–H and O–H groups in total. The number of nitrogens with zero attached hydrogens (tertiary/aromatic N) is 3. The number of carbonyl (C=O) groups is 2. The van der Waals surface area contributed by atoms with E-state index in [1.54, 1.807) is 4.57 Å². The molecule has 2 aliphatic rings. The summed E-state index contributed by atoms with van der Waals surface area (Å²) in [6.45, 7) is 2.92. The fourth-order valence-electron chi connectivity index (χ4n) is 4.74. The highest BCUT2D eigenvalue weighted by molar-refractivity contribution is 7.89. The van der Waals surface area contributed by atoms with Crippen LogP contribution in [0, 0.1) is 0 Å². The third-order valence-corrected chi connectivity index (χ3v) is 9.08. The Morgan fingerprint density at radius 2 is 1.82 bits per heavy atom. The van der Waals surface area contributed by atoms with Crippen molar-refractivity contribution in [3.63, 3.8) is 0 Å². The molecule has 1 fully saturated rings. The van der Waals surface area contributed by atoms with Gasteiger partial charge in [0.05, 0.1) is 32.1 Å². The molecule has 0 unspecified atom stereocenters. The summed E-state index contributed by atoms with van der Waals surface area (Å²) in [5.74, 6) is -0.755. The van der Waals surface area contributed by atoms with E-state index in [2.05, 4.69) is 10.3 Å². The first-order chi connectivity index (χ1) is 18.1. The van der Waals surface area contributed by atoms with Gasteiger partial charge in [-0.2, -0.15) is 4.31 Å². The molecule has 0 saturated carbocycles. The van der Waals surface area contributed by atoms with Crippen LogP contribution >= 0.6 is 11.6 Å². The average Bonchev–Trinajstić information content (AvgIpc) is 3.39. The smallest absolute Gasteiger partial charge is 0.338 e. The second-order valence-corrected chi connectivity index (χ2v) is 11.8. The van der Waals surface area contributed by atoms with Gasteiger partial charge in [0.25, 0.3) is 11.5 Å². The SMILES string of the molecule is C[C@@H](OC(=O)c1ccc2c(=O)n3c(nc2c1)CCC3)C(=O)Nc1cc(S(=O)(=O)N2CCCCC2)ccc1Cl. The third kappa shape index (κ3) is 5.05. The lowest BCUT2D eigenvalue weighted by Crippen LogP contribution is -2.35. The molecule has 0 spiro atoms. The molecule has 12 heteroatoms. The maximum Gasteiger partial charge on any atom is 0.338 e. The van der Waals surface area contributed by atoms with Gasteiger partial charge in [0.15, 0.2) is 6.10 Å². The number of halogens is 1. The van der Waals surface area contributed by atoms with Gasteiger partial charge in [-0.3, -0.25) is 14.2 Å². The van der Waals surface area contributed by atoms with E-state index in [1.165, 1.54) is 47.6 Å². The minimum atomic E-state index is -3.73. The van der Waals surface area contributed by atoms with E-state index in [4.69, 9.17) is 16.3 Å². The van der Waals surface area contributed by atoms with Gasteiger partial charge in [-0.1, -0.05) is 18.0 Å². The second-order valence-electron chi connectivity index (χ2n) is 9.46. The molecule has 0 aliphatic carbocycles. The predicted octanol–water partition coefficient (Wildman–Crippen LogP) is 3.35. The molecule has 5 rings (SSSR count). The van der Waals surface area contributed by atoms with Crippen LogP contribution in [0.1, 0.15) is 48.8 Å². The number of aryl methyl sites for hydroxylation is 1. The van der Waals surface area contributed by atoms with Crippen LogP contribution in [0.2, 0.25) is 5.02 Å². The van der Waals surface area contributed by atoms with E-state index >= 15 is 0 Å². The van der Waals surface area contributed by atoms with Crippen molar-refractivity contribution in [3.05, 3.63) is 63.2 Å². The lowest BCUT2D eigenvalue weighted by atomic mass is 10.1. The van der Waals surface area contributed by atoms with Gasteiger partial charge in [-0.15, -0.1) is 0 Å². The van der Waals surface area contributed by atoms with Crippen LogP contribution in [0.3, 0.4) is 0 Å². The summed E-state index contributed by atoms with van der Waals surface area (Å²) in [5.41, 5.74) is 0.506. The molecule has 1 amide bonds. The van der Waals surface area contributed by atoms with Crippen LogP contribution in [-0.4, -0.2) is 53.3 Å². The number of ether oxygens (including phenoxy) is 1. The van der Waals surface area contributed by atoms with Crippen molar-refractivity contribution in [3.8, 4) is 0 Å². The predicted molar refractivity (Wildman–Crippen MR) is 142 cm³/mol. The first kappa shape index (κ1) is 26.3. The number of aromatic nitrogens is 2. The van der Waals surface area contributed by atoms with Crippen molar-refractivity contribution in [2.45, 2.75) is 56.6 Å². The first-order valence-electron chi connectivity index (χ1n) is 12.5. The number of carbonyl (C=O) groups excluding carboxylic acids is 2. The van der Waals surface area contributed by atoms with Gasteiger partial charge >= 0.3 is 5.97 Å².